The van der Waals surface area contributed by atoms with Crippen LogP contribution in [0.5, 0.6) is 0 Å². The van der Waals surface area contributed by atoms with E-state index < -0.39 is 5.78 Å². The molecule has 14 heavy (non-hydrogen) atoms. The van der Waals surface area contributed by atoms with Gasteiger partial charge in [-0.05, 0) is 0 Å². The van der Waals surface area contributed by atoms with Gasteiger partial charge in [-0.1, -0.05) is 30.3 Å². The number of allylic oxidation sites excluding steroid dienone is 1. The number of carbonyl (C=O) groups excluding carboxylic acids is 1. The van der Waals surface area contributed by atoms with Crippen LogP contribution in [0.15, 0.2) is 35.9 Å². The molecule has 0 radical (unpaired) electrons. The molecule has 70 valence electrons. The summed E-state index contributed by atoms with van der Waals surface area (Å²) in [7, 11) is 0. The Morgan fingerprint density at radius 3 is 2.36 bits per heavy atom. The van der Waals surface area contributed by atoms with Crippen molar-refractivity contribution >= 4 is 11.5 Å². The molecule has 0 spiro atoms. The van der Waals surface area contributed by atoms with Crippen molar-refractivity contribution in [2.45, 2.75) is 6.92 Å². The van der Waals surface area contributed by atoms with Gasteiger partial charge in [0.15, 0.2) is 5.78 Å². The summed E-state index contributed by atoms with van der Waals surface area (Å²) in [6.07, 6.45) is 0. The van der Waals surface area contributed by atoms with Crippen LogP contribution in [0.3, 0.4) is 0 Å². The SMILES string of the molecule is CC(=O)/C(C#N)=C(/O)c1ccccc1. The van der Waals surface area contributed by atoms with E-state index in [1.54, 1.807) is 36.4 Å². The molecule has 1 rings (SSSR count). The van der Waals surface area contributed by atoms with Gasteiger partial charge < -0.3 is 5.11 Å². The molecule has 0 bridgehead atoms. The lowest BCUT2D eigenvalue weighted by atomic mass is 10.1. The van der Waals surface area contributed by atoms with Gasteiger partial charge in [0.05, 0.1) is 0 Å². The molecule has 0 fully saturated rings. The molecule has 0 aliphatic rings. The molecule has 3 nitrogen and oxygen atoms in total. The average Bonchev–Trinajstić information content (AvgIpc) is 2.19. The average molecular weight is 187 g/mol. The lowest BCUT2D eigenvalue weighted by molar-refractivity contribution is -0.113. The Labute approximate surface area is 81.9 Å². The highest BCUT2D eigenvalue weighted by atomic mass is 16.3. The Balaban J connectivity index is 3.23. The third-order valence-electron chi connectivity index (χ3n) is 1.75. The highest BCUT2D eigenvalue weighted by molar-refractivity contribution is 6.03. The zero-order valence-electron chi connectivity index (χ0n) is 7.69. The van der Waals surface area contributed by atoms with E-state index in [0.29, 0.717) is 5.56 Å². The van der Waals surface area contributed by atoms with E-state index in [1.807, 2.05) is 0 Å². The van der Waals surface area contributed by atoms with E-state index in [0.717, 1.165) is 0 Å². The van der Waals surface area contributed by atoms with Crippen LogP contribution in [-0.4, -0.2) is 10.9 Å². The Kier molecular flexibility index (Phi) is 3.03. The molecular formula is C11H9NO2. The predicted molar refractivity (Wildman–Crippen MR) is 52.3 cm³/mol. The molecule has 0 heterocycles. The van der Waals surface area contributed by atoms with E-state index >= 15 is 0 Å². The summed E-state index contributed by atoms with van der Waals surface area (Å²) >= 11 is 0. The van der Waals surface area contributed by atoms with Crippen LogP contribution < -0.4 is 0 Å². The van der Waals surface area contributed by atoms with E-state index in [2.05, 4.69) is 0 Å². The Morgan fingerprint density at radius 1 is 1.36 bits per heavy atom. The number of carbonyl (C=O) groups is 1. The smallest absolute Gasteiger partial charge is 0.174 e. The maximum Gasteiger partial charge on any atom is 0.174 e. The lowest BCUT2D eigenvalue weighted by Crippen LogP contribution is -1.98. The molecular weight excluding hydrogens is 178 g/mol. The van der Waals surface area contributed by atoms with Gasteiger partial charge >= 0.3 is 0 Å². The van der Waals surface area contributed by atoms with Crippen molar-refractivity contribution in [3.63, 3.8) is 0 Å². The Hall–Kier alpha value is -2.08. The van der Waals surface area contributed by atoms with Crippen LogP contribution in [0, 0.1) is 11.3 Å². The highest BCUT2D eigenvalue weighted by Crippen LogP contribution is 2.15. The largest absolute Gasteiger partial charge is 0.506 e. The first-order valence-electron chi connectivity index (χ1n) is 4.06. The fraction of sp³-hybridized carbons (Fsp3) is 0.0909. The number of hydrogen-bond acceptors (Lipinski definition) is 3. The first kappa shape index (κ1) is 10.0. The minimum Gasteiger partial charge on any atom is -0.506 e. The molecule has 0 saturated carbocycles. The number of benzene rings is 1. The Morgan fingerprint density at radius 2 is 1.93 bits per heavy atom. The van der Waals surface area contributed by atoms with Crippen LogP contribution in [0.2, 0.25) is 0 Å². The molecule has 0 aliphatic carbocycles. The molecule has 1 aromatic carbocycles. The van der Waals surface area contributed by atoms with Gasteiger partial charge in [-0.15, -0.1) is 0 Å². The topological polar surface area (TPSA) is 61.1 Å². The molecule has 1 N–H and O–H groups in total. The van der Waals surface area contributed by atoms with Crippen molar-refractivity contribution in [3.05, 3.63) is 41.5 Å². The highest BCUT2D eigenvalue weighted by Gasteiger charge is 2.11. The molecule has 0 amide bonds. The van der Waals surface area contributed by atoms with Crippen molar-refractivity contribution in [1.29, 1.82) is 5.26 Å². The second-order valence-electron chi connectivity index (χ2n) is 2.76. The monoisotopic (exact) mass is 187 g/mol. The number of nitrogens with zero attached hydrogens (tertiary/aromatic N) is 1. The number of ketones is 1. The van der Waals surface area contributed by atoms with E-state index in [-0.39, 0.29) is 11.3 Å². The van der Waals surface area contributed by atoms with Crippen LogP contribution in [0.1, 0.15) is 12.5 Å². The molecule has 0 atom stereocenters. The summed E-state index contributed by atoms with van der Waals surface area (Å²) in [6, 6.07) is 10.2. The summed E-state index contributed by atoms with van der Waals surface area (Å²) in [5.41, 5.74) is 0.260. The summed E-state index contributed by atoms with van der Waals surface area (Å²) in [5, 5.41) is 18.2. The fourth-order valence-electron chi connectivity index (χ4n) is 1.04. The standard InChI is InChI=1S/C11H9NO2/c1-8(13)10(7-12)11(14)9-5-3-2-4-6-9/h2-6,14H,1H3/b11-10+. The summed E-state index contributed by atoms with van der Waals surface area (Å²) in [4.78, 5) is 10.9. The Bertz CT molecular complexity index is 413. The maximum absolute atomic E-state index is 10.9. The third-order valence-corrected chi connectivity index (χ3v) is 1.75. The van der Waals surface area contributed by atoms with E-state index in [4.69, 9.17) is 5.26 Å². The first-order chi connectivity index (χ1) is 6.66. The van der Waals surface area contributed by atoms with E-state index in [9.17, 15) is 9.90 Å². The van der Waals surface area contributed by atoms with Gasteiger partial charge in [0.2, 0.25) is 0 Å². The molecule has 0 unspecified atom stereocenters. The van der Waals surface area contributed by atoms with Crippen LogP contribution >= 0.6 is 0 Å². The second-order valence-corrected chi connectivity index (χ2v) is 2.76. The van der Waals surface area contributed by atoms with Gasteiger partial charge in [0, 0.05) is 12.5 Å². The zero-order chi connectivity index (χ0) is 10.6. The van der Waals surface area contributed by atoms with Crippen molar-refractivity contribution in [1.82, 2.24) is 0 Å². The molecule has 0 aromatic heterocycles. The van der Waals surface area contributed by atoms with Crippen molar-refractivity contribution < 1.29 is 9.90 Å². The van der Waals surface area contributed by atoms with Crippen molar-refractivity contribution in [3.8, 4) is 6.07 Å². The van der Waals surface area contributed by atoms with E-state index in [1.165, 1.54) is 6.92 Å². The second kappa shape index (κ2) is 4.24. The quantitative estimate of drug-likeness (QED) is 0.438. The molecule has 1 aromatic rings. The third kappa shape index (κ3) is 1.99. The van der Waals surface area contributed by atoms with Crippen LogP contribution in [0.25, 0.3) is 5.76 Å². The number of aliphatic hydroxyl groups excluding tert-OH is 1. The van der Waals surface area contributed by atoms with Gasteiger partial charge in [-0.3, -0.25) is 4.79 Å². The molecule has 0 saturated heterocycles. The van der Waals surface area contributed by atoms with Gasteiger partial charge in [0.25, 0.3) is 0 Å². The number of Topliss-reactive ketones (excluding diaryl/α,β-unsaturated/α-hetero) is 1. The fourth-order valence-corrected chi connectivity index (χ4v) is 1.04. The number of hydrogen-bond donors (Lipinski definition) is 1. The first-order valence-corrected chi connectivity index (χ1v) is 4.06. The normalized spacial score (nSPS) is 11.4. The molecule has 0 aliphatic heterocycles. The number of aliphatic hydroxyl groups is 1. The minimum absolute atomic E-state index is 0.212. The van der Waals surface area contributed by atoms with Crippen molar-refractivity contribution in [2.24, 2.45) is 0 Å². The predicted octanol–water partition coefficient (Wildman–Crippen LogP) is 2.07. The van der Waals surface area contributed by atoms with Crippen LogP contribution in [0.4, 0.5) is 0 Å². The van der Waals surface area contributed by atoms with Gasteiger partial charge in [0.1, 0.15) is 17.4 Å². The van der Waals surface area contributed by atoms with Gasteiger partial charge in [-0.25, -0.2) is 0 Å². The minimum atomic E-state index is -0.436. The van der Waals surface area contributed by atoms with Crippen molar-refractivity contribution in [2.75, 3.05) is 0 Å². The number of rotatable bonds is 2. The summed E-state index contributed by atoms with van der Waals surface area (Å²) < 4.78 is 0. The zero-order valence-corrected chi connectivity index (χ0v) is 7.69. The molecule has 3 heteroatoms. The summed E-state index contributed by atoms with van der Waals surface area (Å²) in [5.74, 6) is -0.700. The van der Waals surface area contributed by atoms with Gasteiger partial charge in [-0.2, -0.15) is 5.26 Å². The number of nitriles is 1. The summed E-state index contributed by atoms with van der Waals surface area (Å²) in [6.45, 7) is 1.25. The maximum atomic E-state index is 10.9. The lowest BCUT2D eigenvalue weighted by Gasteiger charge is -2.00. The van der Waals surface area contributed by atoms with Crippen LogP contribution in [-0.2, 0) is 4.79 Å².